The summed E-state index contributed by atoms with van der Waals surface area (Å²) in [5.74, 6) is -1.29. The normalized spacial score (nSPS) is 21.7. The lowest BCUT2D eigenvalue weighted by molar-refractivity contribution is -0.142. The number of carbonyl (C=O) groups excluding carboxylic acids is 1. The molecule has 1 aliphatic carbocycles. The van der Waals surface area contributed by atoms with Gasteiger partial charge in [-0.05, 0) is 38.7 Å². The van der Waals surface area contributed by atoms with Crippen LogP contribution in [0.1, 0.15) is 49.6 Å². The molecule has 21 heavy (non-hydrogen) atoms. The van der Waals surface area contributed by atoms with Crippen molar-refractivity contribution < 1.29 is 14.7 Å². The molecule has 1 aliphatic rings. The highest BCUT2D eigenvalue weighted by atomic mass is 35.5. The minimum absolute atomic E-state index is 0.0179. The molecule has 1 aromatic heterocycles. The van der Waals surface area contributed by atoms with Crippen LogP contribution in [0.2, 0.25) is 5.02 Å². The van der Waals surface area contributed by atoms with Crippen LogP contribution in [0, 0.1) is 11.8 Å². The van der Waals surface area contributed by atoms with E-state index < -0.39 is 5.97 Å². The predicted octanol–water partition coefficient (Wildman–Crippen LogP) is 2.95. The van der Waals surface area contributed by atoms with Gasteiger partial charge in [-0.1, -0.05) is 18.0 Å². The van der Waals surface area contributed by atoms with Crippen molar-refractivity contribution in [2.75, 3.05) is 6.54 Å². The van der Waals surface area contributed by atoms with E-state index in [9.17, 15) is 9.59 Å². The zero-order chi connectivity index (χ0) is 15.6. The summed E-state index contributed by atoms with van der Waals surface area (Å²) in [6.07, 6.45) is 4.19. The van der Waals surface area contributed by atoms with Gasteiger partial charge in [0.25, 0.3) is 5.91 Å². The van der Waals surface area contributed by atoms with Gasteiger partial charge in [0, 0.05) is 18.8 Å². The Bertz CT molecular complexity index is 539. The van der Waals surface area contributed by atoms with Crippen LogP contribution in [0.15, 0.2) is 12.3 Å². The molecular weight excluding hydrogens is 292 g/mol. The minimum Gasteiger partial charge on any atom is -0.481 e. The first-order valence-corrected chi connectivity index (χ1v) is 7.66. The van der Waals surface area contributed by atoms with Crippen LogP contribution >= 0.6 is 11.6 Å². The maximum absolute atomic E-state index is 12.3. The number of aromatic nitrogens is 1. The SMILES string of the molecule is CC(C)n1cc(Cl)cc1C(=O)NCC1CCCC1C(=O)O. The molecule has 0 radical (unpaired) electrons. The molecule has 0 bridgehead atoms. The highest BCUT2D eigenvalue weighted by Crippen LogP contribution is 2.31. The lowest BCUT2D eigenvalue weighted by Gasteiger charge is -2.17. The van der Waals surface area contributed by atoms with Gasteiger partial charge >= 0.3 is 5.97 Å². The third-order valence-corrected chi connectivity index (χ3v) is 4.31. The van der Waals surface area contributed by atoms with Crippen molar-refractivity contribution in [3.63, 3.8) is 0 Å². The van der Waals surface area contributed by atoms with Gasteiger partial charge < -0.3 is 15.0 Å². The molecule has 1 aromatic rings. The van der Waals surface area contributed by atoms with E-state index in [1.165, 1.54) is 0 Å². The average Bonchev–Trinajstić information content (AvgIpc) is 3.01. The molecule has 1 fully saturated rings. The molecule has 116 valence electrons. The van der Waals surface area contributed by atoms with Gasteiger partial charge in [0.1, 0.15) is 5.69 Å². The summed E-state index contributed by atoms with van der Waals surface area (Å²) in [5, 5.41) is 12.5. The molecule has 2 atom stereocenters. The van der Waals surface area contributed by atoms with Crippen LogP contribution in [-0.2, 0) is 4.79 Å². The van der Waals surface area contributed by atoms with E-state index in [0.717, 1.165) is 12.8 Å². The number of nitrogens with zero attached hydrogens (tertiary/aromatic N) is 1. The molecule has 0 saturated heterocycles. The van der Waals surface area contributed by atoms with Crippen molar-refractivity contribution in [3.8, 4) is 0 Å². The number of amides is 1. The Balaban J connectivity index is 2.01. The number of rotatable bonds is 5. The molecule has 2 unspecified atom stereocenters. The fourth-order valence-electron chi connectivity index (χ4n) is 2.98. The van der Waals surface area contributed by atoms with E-state index in [2.05, 4.69) is 5.32 Å². The molecule has 5 nitrogen and oxygen atoms in total. The Labute approximate surface area is 129 Å². The summed E-state index contributed by atoms with van der Waals surface area (Å²) in [4.78, 5) is 23.4. The number of nitrogens with one attached hydrogen (secondary N) is 1. The standard InChI is InChI=1S/C15H21ClN2O3/c1-9(2)18-8-11(16)6-13(18)14(19)17-7-10-4-3-5-12(10)15(20)21/h6,8-10,12H,3-5,7H2,1-2H3,(H,17,19)(H,20,21). The molecule has 1 saturated carbocycles. The number of carbonyl (C=O) groups is 2. The largest absolute Gasteiger partial charge is 0.481 e. The lowest BCUT2D eigenvalue weighted by atomic mass is 9.96. The number of carboxylic acid groups (broad SMARTS) is 1. The number of halogens is 1. The third-order valence-electron chi connectivity index (χ3n) is 4.11. The molecule has 0 aromatic carbocycles. The number of aliphatic carboxylic acids is 1. The fraction of sp³-hybridized carbons (Fsp3) is 0.600. The Morgan fingerprint density at radius 2 is 2.19 bits per heavy atom. The van der Waals surface area contributed by atoms with Gasteiger partial charge in [0.05, 0.1) is 10.9 Å². The van der Waals surface area contributed by atoms with E-state index in [4.69, 9.17) is 16.7 Å². The monoisotopic (exact) mass is 312 g/mol. The summed E-state index contributed by atoms with van der Waals surface area (Å²) >= 11 is 5.97. The van der Waals surface area contributed by atoms with Crippen LogP contribution in [0.4, 0.5) is 0 Å². The molecule has 1 amide bonds. The first-order chi connectivity index (χ1) is 9.90. The molecular formula is C15H21ClN2O3. The quantitative estimate of drug-likeness (QED) is 0.878. The topological polar surface area (TPSA) is 71.3 Å². The van der Waals surface area contributed by atoms with Crippen molar-refractivity contribution in [2.24, 2.45) is 11.8 Å². The van der Waals surface area contributed by atoms with Crippen LogP contribution in [-0.4, -0.2) is 28.1 Å². The Morgan fingerprint density at radius 1 is 1.48 bits per heavy atom. The Kier molecular flexibility index (Phi) is 4.93. The average molecular weight is 313 g/mol. The number of hydrogen-bond donors (Lipinski definition) is 2. The van der Waals surface area contributed by atoms with Gasteiger partial charge in [-0.2, -0.15) is 0 Å². The van der Waals surface area contributed by atoms with E-state index in [1.54, 1.807) is 12.3 Å². The van der Waals surface area contributed by atoms with Crippen LogP contribution in [0.25, 0.3) is 0 Å². The van der Waals surface area contributed by atoms with Gasteiger partial charge in [-0.25, -0.2) is 0 Å². The summed E-state index contributed by atoms with van der Waals surface area (Å²) in [7, 11) is 0. The molecule has 0 aliphatic heterocycles. The second kappa shape index (κ2) is 6.52. The predicted molar refractivity (Wildman–Crippen MR) is 80.6 cm³/mol. The van der Waals surface area contributed by atoms with Crippen LogP contribution < -0.4 is 5.32 Å². The molecule has 0 spiro atoms. The second-order valence-corrected chi connectivity index (χ2v) is 6.33. The van der Waals surface area contributed by atoms with Crippen LogP contribution in [0.3, 0.4) is 0 Å². The zero-order valence-electron chi connectivity index (χ0n) is 12.3. The highest BCUT2D eigenvalue weighted by molar-refractivity contribution is 6.31. The van der Waals surface area contributed by atoms with Crippen LogP contribution in [0.5, 0.6) is 0 Å². The Morgan fingerprint density at radius 3 is 2.81 bits per heavy atom. The molecule has 1 heterocycles. The molecule has 6 heteroatoms. The minimum atomic E-state index is -0.764. The summed E-state index contributed by atoms with van der Waals surface area (Å²) in [5.41, 5.74) is 0.514. The van der Waals surface area contributed by atoms with Gasteiger partial charge in [0.2, 0.25) is 0 Å². The maximum atomic E-state index is 12.3. The van der Waals surface area contributed by atoms with Gasteiger partial charge in [-0.3, -0.25) is 9.59 Å². The van der Waals surface area contributed by atoms with E-state index in [1.807, 2.05) is 18.4 Å². The first-order valence-electron chi connectivity index (χ1n) is 7.28. The smallest absolute Gasteiger partial charge is 0.306 e. The van der Waals surface area contributed by atoms with Crippen molar-refractivity contribution in [1.82, 2.24) is 9.88 Å². The summed E-state index contributed by atoms with van der Waals surface area (Å²) < 4.78 is 1.82. The van der Waals surface area contributed by atoms with Gasteiger partial charge in [-0.15, -0.1) is 0 Å². The molecule has 2 rings (SSSR count). The van der Waals surface area contributed by atoms with Crippen molar-refractivity contribution in [3.05, 3.63) is 23.0 Å². The van der Waals surface area contributed by atoms with Crippen molar-refractivity contribution in [1.29, 1.82) is 0 Å². The lowest BCUT2D eigenvalue weighted by Crippen LogP contribution is -2.34. The second-order valence-electron chi connectivity index (χ2n) is 5.89. The number of carboxylic acids is 1. The van der Waals surface area contributed by atoms with Crippen molar-refractivity contribution in [2.45, 2.75) is 39.2 Å². The fourth-order valence-corrected chi connectivity index (χ4v) is 3.18. The first kappa shape index (κ1) is 15.9. The van der Waals surface area contributed by atoms with Gasteiger partial charge in [0.15, 0.2) is 0 Å². The highest BCUT2D eigenvalue weighted by Gasteiger charge is 2.33. The summed E-state index contributed by atoms with van der Waals surface area (Å²) in [6, 6.07) is 1.77. The third kappa shape index (κ3) is 3.59. The zero-order valence-corrected chi connectivity index (χ0v) is 13.1. The molecule has 2 N–H and O–H groups in total. The van der Waals surface area contributed by atoms with E-state index in [-0.39, 0.29) is 23.8 Å². The summed E-state index contributed by atoms with van der Waals surface area (Å²) in [6.45, 7) is 4.35. The number of hydrogen-bond acceptors (Lipinski definition) is 2. The van der Waals surface area contributed by atoms with Crippen molar-refractivity contribution >= 4 is 23.5 Å². The van der Waals surface area contributed by atoms with E-state index >= 15 is 0 Å². The Hall–Kier alpha value is -1.49. The van der Waals surface area contributed by atoms with E-state index in [0.29, 0.717) is 23.7 Å². The maximum Gasteiger partial charge on any atom is 0.306 e.